The molecule has 0 amide bonds. The van der Waals surface area contributed by atoms with Crippen molar-refractivity contribution in [2.45, 2.75) is 49.4 Å². The van der Waals surface area contributed by atoms with Crippen LogP contribution in [0.15, 0.2) is 43.1 Å². The lowest BCUT2D eigenvalue weighted by Gasteiger charge is -2.51. The predicted octanol–water partition coefficient (Wildman–Crippen LogP) is 0.160. The average Bonchev–Trinajstić information content (AvgIpc) is 2.93. The molecule has 1 aromatic carbocycles. The number of aromatic nitrogens is 1. The molecule has 3 fully saturated rings. The van der Waals surface area contributed by atoms with Gasteiger partial charge in [-0.05, 0) is 55.5 Å². The van der Waals surface area contributed by atoms with Crippen molar-refractivity contribution in [1.82, 2.24) is 9.88 Å². The molecule has 2 aromatic rings. The number of nitrogens with zero attached hydrogens (tertiary/aromatic N) is 2. The maximum Gasteiger partial charge on any atom is 0.338 e. The van der Waals surface area contributed by atoms with E-state index in [-0.39, 0.29) is 6.04 Å². The SMILES string of the molecule is C=C[C@H]1CN2CC[C@H]1C[C@H]2[C@H](OC(=O)[C@H](O)[C@@H](O)[C@H](O)[C@H](O)CO)c1ccnc2ccc(OC)cc12. The first-order valence-corrected chi connectivity index (χ1v) is 12.1. The van der Waals surface area contributed by atoms with Gasteiger partial charge >= 0.3 is 5.97 Å². The molecule has 5 rings (SSSR count). The average molecular weight is 503 g/mol. The molecule has 0 aliphatic carbocycles. The number of hydrogen-bond donors (Lipinski definition) is 5. The zero-order valence-electron chi connectivity index (χ0n) is 20.2. The van der Waals surface area contributed by atoms with E-state index in [4.69, 9.17) is 14.6 Å². The van der Waals surface area contributed by atoms with Crippen molar-refractivity contribution in [2.75, 3.05) is 26.8 Å². The van der Waals surface area contributed by atoms with Crippen molar-refractivity contribution in [1.29, 1.82) is 0 Å². The number of fused-ring (bicyclic) bond motifs is 4. The zero-order valence-corrected chi connectivity index (χ0v) is 20.2. The van der Waals surface area contributed by atoms with Crippen molar-refractivity contribution < 1.29 is 39.8 Å². The number of piperidine rings is 3. The van der Waals surface area contributed by atoms with E-state index in [2.05, 4.69) is 16.5 Å². The van der Waals surface area contributed by atoms with E-state index in [1.54, 1.807) is 25.4 Å². The largest absolute Gasteiger partial charge is 0.497 e. The Balaban J connectivity index is 1.69. The monoisotopic (exact) mass is 502 g/mol. The molecule has 2 bridgehead atoms. The first-order valence-electron chi connectivity index (χ1n) is 12.1. The molecule has 10 nitrogen and oxygen atoms in total. The van der Waals surface area contributed by atoms with Crippen molar-refractivity contribution in [2.24, 2.45) is 11.8 Å². The van der Waals surface area contributed by atoms with Gasteiger partial charge in [0.15, 0.2) is 6.10 Å². The Morgan fingerprint density at radius 2 is 2.03 bits per heavy atom. The van der Waals surface area contributed by atoms with Gasteiger partial charge in [-0.3, -0.25) is 9.88 Å². The predicted molar refractivity (Wildman–Crippen MR) is 130 cm³/mol. The maximum absolute atomic E-state index is 13.0. The van der Waals surface area contributed by atoms with Gasteiger partial charge in [0.1, 0.15) is 30.2 Å². The van der Waals surface area contributed by atoms with Gasteiger partial charge in [0.05, 0.1) is 25.3 Å². The van der Waals surface area contributed by atoms with E-state index < -0.39 is 43.1 Å². The van der Waals surface area contributed by atoms with E-state index in [9.17, 15) is 25.2 Å². The molecule has 3 aliphatic heterocycles. The number of esters is 1. The van der Waals surface area contributed by atoms with E-state index in [0.717, 1.165) is 31.3 Å². The lowest BCUT2D eigenvalue weighted by atomic mass is 9.73. The van der Waals surface area contributed by atoms with Gasteiger partial charge in [-0.2, -0.15) is 0 Å². The van der Waals surface area contributed by atoms with Crippen LogP contribution in [0.25, 0.3) is 10.9 Å². The fourth-order valence-electron chi connectivity index (χ4n) is 5.42. The number of aliphatic hydroxyl groups excluding tert-OH is 5. The molecule has 196 valence electrons. The minimum Gasteiger partial charge on any atom is -0.497 e. The Labute approximate surface area is 209 Å². The van der Waals surface area contributed by atoms with Crippen molar-refractivity contribution in [3.63, 3.8) is 0 Å². The number of rotatable bonds is 10. The molecule has 9 atom stereocenters. The summed E-state index contributed by atoms with van der Waals surface area (Å²) in [6.07, 6.45) is -3.33. The Morgan fingerprint density at radius 3 is 2.67 bits per heavy atom. The maximum atomic E-state index is 13.0. The number of hydrogen-bond acceptors (Lipinski definition) is 10. The summed E-state index contributed by atoms with van der Waals surface area (Å²) in [4.78, 5) is 19.7. The standard InChI is InChI=1S/C26H34N2O8/c1-3-14-12-28-9-7-15(14)10-20(28)25(36-26(34)24(33)23(32)22(31)21(30)13-29)17-6-8-27-19-5-4-16(35-2)11-18(17)19/h3-6,8,11,14-15,20-25,29-33H,1,7,9-10,12-13H2,2H3/t14-,15-,20-,21+,22+,23-,24+,25+/m0/s1. The molecule has 3 aliphatic rings. The zero-order chi connectivity index (χ0) is 26.0. The number of benzene rings is 1. The highest BCUT2D eigenvalue weighted by atomic mass is 16.6. The summed E-state index contributed by atoms with van der Waals surface area (Å²) in [5, 5.41) is 50.1. The third kappa shape index (κ3) is 5.10. The van der Waals surface area contributed by atoms with Crippen molar-refractivity contribution >= 4 is 16.9 Å². The fraction of sp³-hybridized carbons (Fsp3) is 0.538. The topological polar surface area (TPSA) is 153 Å². The van der Waals surface area contributed by atoms with E-state index in [1.165, 1.54) is 0 Å². The van der Waals surface area contributed by atoms with Crippen LogP contribution < -0.4 is 4.74 Å². The minimum atomic E-state index is -2.14. The quantitative estimate of drug-likeness (QED) is 0.224. The highest BCUT2D eigenvalue weighted by Gasteiger charge is 2.45. The van der Waals surface area contributed by atoms with E-state index >= 15 is 0 Å². The normalized spacial score (nSPS) is 27.6. The van der Waals surface area contributed by atoms with Gasteiger partial charge in [-0.1, -0.05) is 6.08 Å². The molecule has 1 unspecified atom stereocenters. The van der Waals surface area contributed by atoms with Crippen molar-refractivity contribution in [3.05, 3.63) is 48.7 Å². The fourth-order valence-corrected chi connectivity index (χ4v) is 5.42. The second-order valence-corrected chi connectivity index (χ2v) is 9.56. The molecule has 1 aromatic heterocycles. The Bertz CT molecular complexity index is 1080. The summed E-state index contributed by atoms with van der Waals surface area (Å²) >= 11 is 0. The van der Waals surface area contributed by atoms with E-state index in [1.807, 2.05) is 18.2 Å². The van der Waals surface area contributed by atoms with E-state index in [0.29, 0.717) is 28.7 Å². The highest BCUT2D eigenvalue weighted by Crippen LogP contribution is 2.43. The Hall–Kier alpha value is -2.60. The molecular formula is C26H34N2O8. The first-order chi connectivity index (χ1) is 17.3. The lowest BCUT2D eigenvalue weighted by Crippen LogP contribution is -2.56. The number of methoxy groups -OCH3 is 1. The van der Waals surface area contributed by atoms with Crippen LogP contribution >= 0.6 is 0 Å². The van der Waals surface area contributed by atoms with Gasteiger partial charge in [0.25, 0.3) is 0 Å². The summed E-state index contributed by atoms with van der Waals surface area (Å²) < 4.78 is 11.3. The molecule has 36 heavy (non-hydrogen) atoms. The lowest BCUT2D eigenvalue weighted by molar-refractivity contribution is -0.181. The van der Waals surface area contributed by atoms with Gasteiger partial charge in [0.2, 0.25) is 0 Å². The van der Waals surface area contributed by atoms with Crippen LogP contribution in [0.2, 0.25) is 0 Å². The van der Waals surface area contributed by atoms with Crippen LogP contribution in [-0.4, -0.2) is 98.6 Å². The molecule has 0 spiro atoms. The summed E-state index contributed by atoms with van der Waals surface area (Å²) in [7, 11) is 1.56. The third-order valence-corrected chi connectivity index (χ3v) is 7.53. The van der Waals surface area contributed by atoms with Gasteiger partial charge in [-0.25, -0.2) is 4.79 Å². The first kappa shape index (κ1) is 26.5. The number of aliphatic hydroxyl groups is 5. The number of carbonyl (C=O) groups excluding carboxylic acids is 1. The number of ether oxygens (including phenoxy) is 2. The van der Waals surface area contributed by atoms with Crippen LogP contribution in [0.4, 0.5) is 0 Å². The smallest absolute Gasteiger partial charge is 0.338 e. The number of carbonyl (C=O) groups is 1. The van der Waals surface area contributed by atoms with Crippen LogP contribution in [0, 0.1) is 11.8 Å². The summed E-state index contributed by atoms with van der Waals surface area (Å²) in [5.41, 5.74) is 1.36. The molecule has 3 saturated heterocycles. The molecule has 5 N–H and O–H groups in total. The van der Waals surface area contributed by atoms with Crippen molar-refractivity contribution in [3.8, 4) is 5.75 Å². The minimum absolute atomic E-state index is 0.196. The highest BCUT2D eigenvalue weighted by molar-refractivity contribution is 5.84. The molecular weight excluding hydrogens is 468 g/mol. The van der Waals surface area contributed by atoms with Crippen LogP contribution in [0.5, 0.6) is 5.75 Å². The summed E-state index contributed by atoms with van der Waals surface area (Å²) in [6, 6.07) is 6.98. The number of pyridine rings is 1. The summed E-state index contributed by atoms with van der Waals surface area (Å²) in [5.74, 6) is 0.171. The molecule has 0 saturated carbocycles. The second-order valence-electron chi connectivity index (χ2n) is 9.56. The molecule has 10 heteroatoms. The molecule has 4 heterocycles. The summed E-state index contributed by atoms with van der Waals surface area (Å²) in [6.45, 7) is 4.71. The third-order valence-electron chi connectivity index (χ3n) is 7.53. The van der Waals surface area contributed by atoms with Crippen LogP contribution in [0.3, 0.4) is 0 Å². The Morgan fingerprint density at radius 1 is 1.25 bits per heavy atom. The van der Waals surface area contributed by atoms with Gasteiger partial charge in [0, 0.05) is 23.7 Å². The van der Waals surface area contributed by atoms with Crippen LogP contribution in [-0.2, 0) is 9.53 Å². The molecule has 0 radical (unpaired) electrons. The second kappa shape index (κ2) is 11.2. The Kier molecular flexibility index (Phi) is 8.23. The van der Waals surface area contributed by atoms with Crippen LogP contribution in [0.1, 0.15) is 24.5 Å². The van der Waals surface area contributed by atoms with Gasteiger partial charge in [-0.15, -0.1) is 6.58 Å². The van der Waals surface area contributed by atoms with Gasteiger partial charge < -0.3 is 35.0 Å².